The molecule has 19 heavy (non-hydrogen) atoms. The topological polar surface area (TPSA) is 12.5 Å². The lowest BCUT2D eigenvalue weighted by Crippen LogP contribution is -2.48. The molecule has 2 nitrogen and oxygen atoms in total. The average Bonchev–Trinajstić information content (AvgIpc) is 2.26. The first-order valence-electron chi connectivity index (χ1n) is 7.34. The van der Waals surface area contributed by atoms with Gasteiger partial charge in [0.15, 0.2) is 0 Å². The zero-order valence-corrected chi connectivity index (χ0v) is 12.9. The minimum absolute atomic E-state index is 0.206. The molecule has 1 aromatic carbocycles. The summed E-state index contributed by atoms with van der Waals surface area (Å²) in [6, 6.07) is 8.53. The Morgan fingerprint density at radius 3 is 2.26 bits per heavy atom. The van der Waals surface area contributed by atoms with E-state index in [1.165, 1.54) is 18.7 Å². The molecule has 0 aliphatic carbocycles. The second-order valence-corrected chi connectivity index (χ2v) is 7.03. The molecule has 1 aromatic rings. The third-order valence-electron chi connectivity index (χ3n) is 3.71. The van der Waals surface area contributed by atoms with Crippen LogP contribution in [0.3, 0.4) is 0 Å². The van der Waals surface area contributed by atoms with E-state index in [-0.39, 0.29) is 11.5 Å². The van der Waals surface area contributed by atoms with Crippen LogP contribution in [0.4, 0.5) is 0 Å². The summed E-state index contributed by atoms with van der Waals surface area (Å²) >= 11 is 0. The number of hydrogen-bond donors (Lipinski definition) is 0. The molecular formula is C17H27NO. The van der Waals surface area contributed by atoms with Gasteiger partial charge in [0.1, 0.15) is 11.9 Å². The molecule has 0 aromatic heterocycles. The van der Waals surface area contributed by atoms with Crippen molar-refractivity contribution < 1.29 is 4.74 Å². The Morgan fingerprint density at radius 1 is 1.21 bits per heavy atom. The zero-order valence-electron chi connectivity index (χ0n) is 12.9. The minimum Gasteiger partial charge on any atom is -0.489 e. The van der Waals surface area contributed by atoms with E-state index in [0.29, 0.717) is 0 Å². The van der Waals surface area contributed by atoms with E-state index in [2.05, 4.69) is 63.8 Å². The van der Waals surface area contributed by atoms with E-state index in [1.54, 1.807) is 0 Å². The molecular weight excluding hydrogens is 234 g/mol. The molecule has 1 aliphatic heterocycles. The largest absolute Gasteiger partial charge is 0.489 e. The van der Waals surface area contributed by atoms with Crippen LogP contribution in [0.15, 0.2) is 24.3 Å². The highest BCUT2D eigenvalue weighted by molar-refractivity contribution is 5.31. The molecule has 1 heterocycles. The van der Waals surface area contributed by atoms with Crippen molar-refractivity contribution in [2.24, 2.45) is 5.92 Å². The highest BCUT2D eigenvalue weighted by Gasteiger charge is 2.24. The van der Waals surface area contributed by atoms with E-state index < -0.39 is 0 Å². The average molecular weight is 261 g/mol. The van der Waals surface area contributed by atoms with Crippen LogP contribution in [0.5, 0.6) is 5.75 Å². The van der Waals surface area contributed by atoms with Crippen LogP contribution in [0.2, 0.25) is 0 Å². The van der Waals surface area contributed by atoms with Crippen LogP contribution in [0.25, 0.3) is 0 Å². The predicted octanol–water partition coefficient (Wildman–Crippen LogP) is 3.70. The molecule has 2 heteroatoms. The van der Waals surface area contributed by atoms with Crippen LogP contribution in [-0.2, 0) is 5.41 Å². The van der Waals surface area contributed by atoms with Gasteiger partial charge in [0.05, 0.1) is 0 Å². The van der Waals surface area contributed by atoms with E-state index in [1.807, 2.05) is 0 Å². The van der Waals surface area contributed by atoms with Crippen LogP contribution in [0.1, 0.15) is 40.2 Å². The fourth-order valence-electron chi connectivity index (χ4n) is 2.64. The van der Waals surface area contributed by atoms with Crippen molar-refractivity contribution in [1.82, 2.24) is 4.90 Å². The monoisotopic (exact) mass is 261 g/mol. The zero-order chi connectivity index (χ0) is 14.0. The molecule has 0 spiro atoms. The number of benzene rings is 1. The highest BCUT2D eigenvalue weighted by atomic mass is 16.5. The standard InChI is InChI=1S/C17H27NO/c1-13-10-18(11-13)12-14(2)19-16-8-6-15(7-9-16)17(3,4)5/h6-9,13-14H,10-12H2,1-5H3. The lowest BCUT2D eigenvalue weighted by Gasteiger charge is -2.38. The van der Waals surface area contributed by atoms with E-state index in [0.717, 1.165) is 18.2 Å². The van der Waals surface area contributed by atoms with Crippen molar-refractivity contribution >= 4 is 0 Å². The minimum atomic E-state index is 0.206. The molecule has 2 rings (SSSR count). The normalized spacial score (nSPS) is 19.0. The van der Waals surface area contributed by atoms with Crippen molar-refractivity contribution in [1.29, 1.82) is 0 Å². The second kappa shape index (κ2) is 5.54. The van der Waals surface area contributed by atoms with Gasteiger partial charge in [-0.15, -0.1) is 0 Å². The van der Waals surface area contributed by atoms with Gasteiger partial charge in [0, 0.05) is 19.6 Å². The van der Waals surface area contributed by atoms with Gasteiger partial charge in [-0.25, -0.2) is 0 Å². The smallest absolute Gasteiger partial charge is 0.119 e. The first-order valence-corrected chi connectivity index (χ1v) is 7.34. The Morgan fingerprint density at radius 2 is 1.79 bits per heavy atom. The summed E-state index contributed by atoms with van der Waals surface area (Å²) in [6.07, 6.45) is 0.257. The van der Waals surface area contributed by atoms with E-state index in [4.69, 9.17) is 4.74 Å². The molecule has 0 radical (unpaired) electrons. The van der Waals surface area contributed by atoms with Gasteiger partial charge in [-0.05, 0) is 36.0 Å². The number of nitrogens with zero attached hydrogens (tertiary/aromatic N) is 1. The molecule has 0 saturated carbocycles. The fraction of sp³-hybridized carbons (Fsp3) is 0.647. The van der Waals surface area contributed by atoms with Crippen LogP contribution < -0.4 is 4.74 Å². The summed E-state index contributed by atoms with van der Waals surface area (Å²) in [4.78, 5) is 2.46. The Kier molecular flexibility index (Phi) is 4.19. The van der Waals surface area contributed by atoms with Gasteiger partial charge in [-0.1, -0.05) is 39.8 Å². The molecule has 1 fully saturated rings. The van der Waals surface area contributed by atoms with Gasteiger partial charge in [0.2, 0.25) is 0 Å². The summed E-state index contributed by atoms with van der Waals surface area (Å²) in [5, 5.41) is 0. The number of ether oxygens (including phenoxy) is 1. The molecule has 106 valence electrons. The summed E-state index contributed by atoms with van der Waals surface area (Å²) in [5.74, 6) is 1.84. The molecule has 0 amide bonds. The van der Waals surface area contributed by atoms with E-state index in [9.17, 15) is 0 Å². The SMILES string of the molecule is CC1CN(CC(C)Oc2ccc(C(C)(C)C)cc2)C1. The maximum Gasteiger partial charge on any atom is 0.119 e. The van der Waals surface area contributed by atoms with Crippen molar-refractivity contribution in [2.45, 2.75) is 46.1 Å². The van der Waals surface area contributed by atoms with Gasteiger partial charge in [0.25, 0.3) is 0 Å². The molecule has 0 bridgehead atoms. The van der Waals surface area contributed by atoms with Crippen LogP contribution >= 0.6 is 0 Å². The lowest BCUT2D eigenvalue weighted by molar-refractivity contribution is 0.0642. The van der Waals surface area contributed by atoms with Crippen molar-refractivity contribution in [2.75, 3.05) is 19.6 Å². The third kappa shape index (κ3) is 3.97. The number of likely N-dealkylation sites (tertiary alicyclic amines) is 1. The second-order valence-electron chi connectivity index (χ2n) is 7.03. The third-order valence-corrected chi connectivity index (χ3v) is 3.71. The van der Waals surface area contributed by atoms with Gasteiger partial charge >= 0.3 is 0 Å². The summed E-state index contributed by atoms with van der Waals surface area (Å²) in [5.41, 5.74) is 1.56. The molecule has 1 saturated heterocycles. The Balaban J connectivity index is 1.85. The highest BCUT2D eigenvalue weighted by Crippen LogP contribution is 2.25. The van der Waals surface area contributed by atoms with Crippen molar-refractivity contribution in [3.8, 4) is 5.75 Å². The molecule has 1 unspecified atom stereocenters. The molecule has 1 aliphatic rings. The van der Waals surface area contributed by atoms with Gasteiger partial charge in [-0.2, -0.15) is 0 Å². The fourth-order valence-corrected chi connectivity index (χ4v) is 2.64. The summed E-state index contributed by atoms with van der Waals surface area (Å²) in [7, 11) is 0. The Hall–Kier alpha value is -1.02. The maximum absolute atomic E-state index is 5.98. The van der Waals surface area contributed by atoms with Crippen LogP contribution in [-0.4, -0.2) is 30.6 Å². The lowest BCUT2D eigenvalue weighted by atomic mass is 9.87. The van der Waals surface area contributed by atoms with Crippen molar-refractivity contribution in [3.63, 3.8) is 0 Å². The Bertz CT molecular complexity index is 398. The van der Waals surface area contributed by atoms with Gasteiger partial charge in [-0.3, -0.25) is 4.90 Å². The van der Waals surface area contributed by atoms with Crippen LogP contribution in [0, 0.1) is 5.92 Å². The number of rotatable bonds is 4. The number of hydrogen-bond acceptors (Lipinski definition) is 2. The van der Waals surface area contributed by atoms with Gasteiger partial charge < -0.3 is 4.74 Å². The Labute approximate surface area is 117 Å². The first kappa shape index (κ1) is 14.4. The maximum atomic E-state index is 5.98. The molecule has 0 N–H and O–H groups in total. The first-order chi connectivity index (χ1) is 8.84. The van der Waals surface area contributed by atoms with E-state index >= 15 is 0 Å². The summed E-state index contributed by atoms with van der Waals surface area (Å²) < 4.78 is 5.98. The quantitative estimate of drug-likeness (QED) is 0.819. The predicted molar refractivity (Wildman–Crippen MR) is 80.8 cm³/mol. The summed E-state index contributed by atoms with van der Waals surface area (Å²) in [6.45, 7) is 14.6. The molecule has 1 atom stereocenters. The van der Waals surface area contributed by atoms with Crippen molar-refractivity contribution in [3.05, 3.63) is 29.8 Å².